The molecule has 3 aromatic rings. The summed E-state index contributed by atoms with van der Waals surface area (Å²) < 4.78 is 18.2. The fraction of sp³-hybridized carbons (Fsp3) is 0.419. The average molecular weight is 608 g/mol. The fourth-order valence-electron chi connectivity index (χ4n) is 4.07. The number of nitrogens with zero attached hydrogens (tertiary/aromatic N) is 4. The van der Waals surface area contributed by atoms with Crippen molar-refractivity contribution < 1.29 is 38.2 Å². The van der Waals surface area contributed by atoms with Crippen molar-refractivity contribution in [1.82, 2.24) is 24.9 Å². The highest BCUT2D eigenvalue weighted by Gasteiger charge is 2.40. The predicted molar refractivity (Wildman–Crippen MR) is 157 cm³/mol. The van der Waals surface area contributed by atoms with E-state index in [9.17, 15) is 19.2 Å². The van der Waals surface area contributed by atoms with Crippen molar-refractivity contribution in [3.63, 3.8) is 0 Å². The summed E-state index contributed by atoms with van der Waals surface area (Å²) >= 11 is 0. The van der Waals surface area contributed by atoms with Crippen LogP contribution in [0.3, 0.4) is 0 Å². The number of amides is 3. The molecular formula is C31H37N5O8. The number of aromatic nitrogens is 3. The van der Waals surface area contributed by atoms with Gasteiger partial charge in [0.15, 0.2) is 0 Å². The van der Waals surface area contributed by atoms with Crippen LogP contribution >= 0.6 is 0 Å². The third-order valence-electron chi connectivity index (χ3n) is 5.96. The normalized spacial score (nSPS) is 13.8. The Bertz CT molecular complexity index is 1470. The number of imide groups is 1. The molecule has 1 aliphatic rings. The number of nitrogens with one attached hydrogen (secondary N) is 1. The molecule has 3 heterocycles. The lowest BCUT2D eigenvalue weighted by Gasteiger charge is -2.25. The molecule has 0 spiro atoms. The summed E-state index contributed by atoms with van der Waals surface area (Å²) in [6.45, 7) is 10.6. The van der Waals surface area contributed by atoms with Gasteiger partial charge in [-0.3, -0.25) is 14.2 Å². The van der Waals surface area contributed by atoms with Gasteiger partial charge >= 0.3 is 12.1 Å². The van der Waals surface area contributed by atoms with Crippen LogP contribution in [-0.2, 0) is 25.5 Å². The van der Waals surface area contributed by atoms with Gasteiger partial charge in [0.25, 0.3) is 11.8 Å². The van der Waals surface area contributed by atoms with E-state index in [1.165, 1.54) is 18.3 Å². The Labute approximate surface area is 255 Å². The van der Waals surface area contributed by atoms with Crippen molar-refractivity contribution >= 4 is 23.9 Å². The molecule has 234 valence electrons. The van der Waals surface area contributed by atoms with Crippen molar-refractivity contribution in [2.75, 3.05) is 13.2 Å². The van der Waals surface area contributed by atoms with Crippen LogP contribution in [0.25, 0.3) is 5.82 Å². The van der Waals surface area contributed by atoms with Crippen LogP contribution in [0.2, 0.25) is 0 Å². The van der Waals surface area contributed by atoms with Crippen molar-refractivity contribution in [2.24, 2.45) is 0 Å². The molecule has 1 aromatic carbocycles. The molecule has 0 radical (unpaired) electrons. The van der Waals surface area contributed by atoms with E-state index >= 15 is 0 Å². The zero-order valence-corrected chi connectivity index (χ0v) is 25.7. The number of rotatable bonds is 11. The van der Waals surface area contributed by atoms with Gasteiger partial charge in [0, 0.05) is 12.7 Å². The van der Waals surface area contributed by atoms with Crippen LogP contribution in [0, 0.1) is 0 Å². The summed E-state index contributed by atoms with van der Waals surface area (Å²) in [7, 11) is 0. The predicted octanol–water partition coefficient (Wildman–Crippen LogP) is 4.04. The first-order valence-corrected chi connectivity index (χ1v) is 14.2. The minimum atomic E-state index is -1.42. The summed E-state index contributed by atoms with van der Waals surface area (Å²) in [6.07, 6.45) is 4.38. The third kappa shape index (κ3) is 8.63. The van der Waals surface area contributed by atoms with Gasteiger partial charge in [-0.25, -0.2) is 24.4 Å². The van der Waals surface area contributed by atoms with Gasteiger partial charge < -0.3 is 19.5 Å². The smallest absolute Gasteiger partial charge is 0.407 e. The number of imidazole rings is 1. The second-order valence-corrected chi connectivity index (χ2v) is 12.0. The quantitative estimate of drug-likeness (QED) is 0.192. The summed E-state index contributed by atoms with van der Waals surface area (Å²) in [5.74, 6) is -1.25. The fourth-order valence-corrected chi connectivity index (χ4v) is 4.07. The van der Waals surface area contributed by atoms with E-state index in [-0.39, 0.29) is 17.7 Å². The summed E-state index contributed by atoms with van der Waals surface area (Å²) in [5.41, 5.74) is -0.209. The maximum Gasteiger partial charge on any atom is 0.407 e. The Morgan fingerprint density at radius 2 is 1.57 bits per heavy atom. The van der Waals surface area contributed by atoms with Gasteiger partial charge in [0.05, 0.1) is 23.0 Å². The lowest BCUT2D eigenvalue weighted by molar-refractivity contribution is -0.193. The number of fused-ring (bicyclic) bond motifs is 1. The zero-order chi connectivity index (χ0) is 32.1. The van der Waals surface area contributed by atoms with E-state index in [0.29, 0.717) is 36.0 Å². The van der Waals surface area contributed by atoms with Gasteiger partial charge in [-0.1, -0.05) is 12.1 Å². The van der Waals surface area contributed by atoms with Crippen LogP contribution in [0.1, 0.15) is 74.4 Å². The molecule has 13 nitrogen and oxygen atoms in total. The van der Waals surface area contributed by atoms with Gasteiger partial charge in [-0.15, -0.1) is 5.06 Å². The lowest BCUT2D eigenvalue weighted by Crippen LogP contribution is -2.43. The van der Waals surface area contributed by atoms with Gasteiger partial charge in [0.1, 0.15) is 35.7 Å². The topological polar surface area (TPSA) is 151 Å². The van der Waals surface area contributed by atoms with E-state index < -0.39 is 41.2 Å². The number of aryl methyl sites for hydroxylation is 1. The van der Waals surface area contributed by atoms with Crippen LogP contribution in [0.4, 0.5) is 4.79 Å². The molecule has 2 aromatic heterocycles. The number of carbonyl (C=O) groups excluding carboxylic acids is 4. The number of ether oxygens (including phenoxy) is 3. The van der Waals surface area contributed by atoms with Crippen LogP contribution in [0.15, 0.2) is 55.1 Å². The van der Waals surface area contributed by atoms with Crippen molar-refractivity contribution in [3.05, 3.63) is 71.9 Å². The van der Waals surface area contributed by atoms with Crippen LogP contribution in [-0.4, -0.2) is 73.9 Å². The van der Waals surface area contributed by atoms with Gasteiger partial charge in [0.2, 0.25) is 6.10 Å². The van der Waals surface area contributed by atoms with Gasteiger partial charge in [-0.05, 0) is 78.6 Å². The molecular weight excluding hydrogens is 570 g/mol. The first-order valence-electron chi connectivity index (χ1n) is 14.2. The molecule has 0 unspecified atom stereocenters. The lowest BCUT2D eigenvalue weighted by atomic mass is 10.1. The molecule has 13 heteroatoms. The monoisotopic (exact) mass is 607 g/mol. The molecule has 0 saturated heterocycles. The number of pyridine rings is 1. The minimum absolute atomic E-state index is 0.182. The Morgan fingerprint density at radius 1 is 0.909 bits per heavy atom. The molecule has 1 atom stereocenters. The molecule has 1 N–H and O–H groups in total. The zero-order valence-electron chi connectivity index (χ0n) is 25.7. The highest BCUT2D eigenvalue weighted by atomic mass is 16.7. The van der Waals surface area contributed by atoms with Crippen molar-refractivity contribution in [3.8, 4) is 11.6 Å². The van der Waals surface area contributed by atoms with Crippen molar-refractivity contribution in [1.29, 1.82) is 0 Å². The second kappa shape index (κ2) is 13.2. The van der Waals surface area contributed by atoms with Crippen molar-refractivity contribution in [2.45, 2.75) is 71.7 Å². The molecule has 0 saturated carbocycles. The third-order valence-corrected chi connectivity index (χ3v) is 5.96. The number of hydrogen-bond donors (Lipinski definition) is 1. The Balaban J connectivity index is 1.34. The van der Waals surface area contributed by atoms with Gasteiger partial charge in [-0.2, -0.15) is 0 Å². The summed E-state index contributed by atoms with van der Waals surface area (Å²) in [4.78, 5) is 64.7. The van der Waals surface area contributed by atoms with E-state index in [1.54, 1.807) is 55.9 Å². The molecule has 1 aliphatic heterocycles. The highest BCUT2D eigenvalue weighted by Crippen LogP contribution is 2.24. The summed E-state index contributed by atoms with van der Waals surface area (Å²) in [5, 5.41) is 3.29. The Kier molecular flexibility index (Phi) is 9.68. The number of carbonyl (C=O) groups is 4. The Morgan fingerprint density at radius 3 is 2.16 bits per heavy atom. The number of esters is 1. The van der Waals surface area contributed by atoms with Crippen LogP contribution in [0.5, 0.6) is 5.75 Å². The highest BCUT2D eigenvalue weighted by molar-refractivity contribution is 6.20. The first kappa shape index (κ1) is 32.1. The largest absolute Gasteiger partial charge is 0.489 e. The maximum absolute atomic E-state index is 12.9. The molecule has 0 bridgehead atoms. The van der Waals surface area contributed by atoms with E-state index in [1.807, 2.05) is 27.0 Å². The Hall–Kier alpha value is -4.78. The molecule has 4 rings (SSSR count). The number of alkyl carbamates (subject to hydrolysis) is 1. The molecule has 44 heavy (non-hydrogen) atoms. The molecule has 3 amide bonds. The first-order chi connectivity index (χ1) is 20.7. The maximum atomic E-state index is 12.9. The SMILES string of the molecule is CC(C)(C)OC(=O)NCCCc1cn(-c2ccc(OC[C@H](ON3C(=O)c4ccccc4C3=O)C(=O)OC(C)(C)C)cn2)cn1. The average Bonchev–Trinajstić information content (AvgIpc) is 3.50. The van der Waals surface area contributed by atoms with E-state index in [2.05, 4.69) is 15.3 Å². The molecule has 0 fully saturated rings. The number of benzene rings is 1. The van der Waals surface area contributed by atoms with E-state index in [0.717, 1.165) is 5.69 Å². The van der Waals surface area contributed by atoms with E-state index in [4.69, 9.17) is 19.0 Å². The van der Waals surface area contributed by atoms with Crippen LogP contribution < -0.4 is 10.1 Å². The minimum Gasteiger partial charge on any atom is -0.489 e. The number of hydrogen-bond acceptors (Lipinski definition) is 10. The number of hydroxylamine groups is 2. The standard InChI is InChI=1S/C31H37N5O8/c1-30(2,3)42-28(39)24(44-36-26(37)22-11-7-8-12-23(22)27(36)38)18-41-21-13-14-25(33-16-21)35-17-20(34-19-35)10-9-15-32-29(40)43-31(4,5)6/h7-8,11-14,16-17,19,24H,9-10,15,18H2,1-6H3,(H,32,40)/t24-/m0/s1. The molecule has 0 aliphatic carbocycles. The second-order valence-electron chi connectivity index (χ2n) is 12.0. The summed E-state index contributed by atoms with van der Waals surface area (Å²) in [6, 6.07) is 9.65.